The molecule has 1 atom stereocenters. The van der Waals surface area contributed by atoms with Gasteiger partial charge in [-0.3, -0.25) is 9.78 Å². The van der Waals surface area contributed by atoms with Crippen molar-refractivity contribution in [3.05, 3.63) is 30.1 Å². The molecule has 4 nitrogen and oxygen atoms in total. The lowest BCUT2D eigenvalue weighted by Crippen LogP contribution is -2.24. The number of allylic oxidation sites excluding steroid dienone is 2. The molecule has 2 rings (SSSR count). The molecule has 0 radical (unpaired) electrons. The number of nitrogens with zero attached hydrogens (tertiary/aromatic N) is 1. The maximum Gasteiger partial charge on any atom is 0.160 e. The van der Waals surface area contributed by atoms with E-state index in [2.05, 4.69) is 4.98 Å². The molecule has 20 heavy (non-hydrogen) atoms. The average Bonchev–Trinajstić information content (AvgIpc) is 2.45. The topological polar surface area (TPSA) is 48.4 Å². The first-order valence-corrected chi connectivity index (χ1v) is 6.82. The Hall–Kier alpha value is -1.59. The van der Waals surface area contributed by atoms with Gasteiger partial charge >= 0.3 is 0 Å². The number of aromatic nitrogens is 1. The summed E-state index contributed by atoms with van der Waals surface area (Å²) in [6, 6.07) is 1.85. The summed E-state index contributed by atoms with van der Waals surface area (Å²) in [5, 5.41) is 0. The van der Waals surface area contributed by atoms with Crippen molar-refractivity contribution in [3.63, 3.8) is 0 Å². The van der Waals surface area contributed by atoms with E-state index < -0.39 is 0 Å². The van der Waals surface area contributed by atoms with Crippen molar-refractivity contribution in [2.45, 2.75) is 12.8 Å². The number of thiocarbonyl (C=S) groups is 1. The van der Waals surface area contributed by atoms with Crippen LogP contribution in [0, 0.1) is 5.92 Å². The summed E-state index contributed by atoms with van der Waals surface area (Å²) in [7, 11) is 3.25. The van der Waals surface area contributed by atoms with E-state index in [4.69, 9.17) is 21.7 Å². The predicted molar refractivity (Wildman–Crippen MR) is 81.0 cm³/mol. The van der Waals surface area contributed by atoms with Crippen molar-refractivity contribution in [3.8, 4) is 5.75 Å². The van der Waals surface area contributed by atoms with Crippen LogP contribution in [0.4, 0.5) is 0 Å². The number of hydrogen-bond acceptors (Lipinski definition) is 5. The predicted octanol–water partition coefficient (Wildman–Crippen LogP) is 2.47. The molecule has 1 aromatic rings. The van der Waals surface area contributed by atoms with E-state index in [0.29, 0.717) is 18.8 Å². The molecule has 0 spiro atoms. The lowest BCUT2D eigenvalue weighted by atomic mass is 9.81. The van der Waals surface area contributed by atoms with Crippen LogP contribution in [-0.4, -0.2) is 36.5 Å². The summed E-state index contributed by atoms with van der Waals surface area (Å²) >= 11 is 5.40. The van der Waals surface area contributed by atoms with E-state index in [1.165, 1.54) is 0 Å². The van der Waals surface area contributed by atoms with Gasteiger partial charge in [-0.15, -0.1) is 0 Å². The number of carbonyl (C=O) groups excluding carboxylic acids is 1. The molecule has 1 aliphatic rings. The van der Waals surface area contributed by atoms with Crippen LogP contribution in [0.15, 0.2) is 24.5 Å². The zero-order valence-electron chi connectivity index (χ0n) is 11.6. The van der Waals surface area contributed by atoms with Gasteiger partial charge in [-0.1, -0.05) is 12.2 Å². The molecule has 1 aromatic heterocycles. The maximum atomic E-state index is 11.8. The summed E-state index contributed by atoms with van der Waals surface area (Å²) in [5.41, 5.74) is 1.78. The minimum atomic E-state index is 0.0394. The summed E-state index contributed by atoms with van der Waals surface area (Å²) in [6.07, 6.45) is 6.11. The van der Waals surface area contributed by atoms with Gasteiger partial charge in [0.15, 0.2) is 5.78 Å². The first-order chi connectivity index (χ1) is 9.67. The highest BCUT2D eigenvalue weighted by molar-refractivity contribution is 7.80. The molecule has 0 fully saturated rings. The third-order valence-electron chi connectivity index (χ3n) is 3.36. The second-order valence-corrected chi connectivity index (χ2v) is 5.14. The van der Waals surface area contributed by atoms with Crippen molar-refractivity contribution in [1.82, 2.24) is 4.98 Å². The second kappa shape index (κ2) is 6.72. The fraction of sp³-hybridized carbons (Fsp3) is 0.400. The molecular weight excluding hydrogens is 274 g/mol. The molecule has 0 bridgehead atoms. The standard InChI is InChI=1S/C15H17NO3S/c1-18-6-4-12-13(7-10(17)8-15(12)20)11-3-5-16-9-14(11)19-2/h3,5,7,9,12H,4,6,8H2,1-2H3. The molecule has 106 valence electrons. The highest BCUT2D eigenvalue weighted by Gasteiger charge is 2.28. The maximum absolute atomic E-state index is 11.8. The van der Waals surface area contributed by atoms with Gasteiger partial charge in [-0.25, -0.2) is 0 Å². The Balaban J connectivity index is 2.43. The van der Waals surface area contributed by atoms with Crippen LogP contribution in [0.5, 0.6) is 5.75 Å². The zero-order valence-corrected chi connectivity index (χ0v) is 12.4. The van der Waals surface area contributed by atoms with Gasteiger partial charge < -0.3 is 9.47 Å². The Kier molecular flexibility index (Phi) is 4.98. The van der Waals surface area contributed by atoms with Crippen molar-refractivity contribution in [2.75, 3.05) is 20.8 Å². The lowest BCUT2D eigenvalue weighted by molar-refractivity contribution is -0.113. The molecule has 0 aliphatic heterocycles. The highest BCUT2D eigenvalue weighted by Crippen LogP contribution is 2.36. The van der Waals surface area contributed by atoms with E-state index >= 15 is 0 Å². The van der Waals surface area contributed by atoms with E-state index in [1.807, 2.05) is 6.07 Å². The van der Waals surface area contributed by atoms with Crippen LogP contribution in [0.25, 0.3) is 5.57 Å². The molecule has 1 unspecified atom stereocenters. The Morgan fingerprint density at radius 1 is 1.45 bits per heavy atom. The van der Waals surface area contributed by atoms with Crippen LogP contribution in [0.2, 0.25) is 0 Å². The Bertz CT molecular complexity index is 554. The highest BCUT2D eigenvalue weighted by atomic mass is 32.1. The number of hydrogen-bond donors (Lipinski definition) is 0. The minimum absolute atomic E-state index is 0.0394. The quantitative estimate of drug-likeness (QED) is 0.780. The zero-order chi connectivity index (χ0) is 14.5. The molecule has 0 amide bonds. The fourth-order valence-electron chi connectivity index (χ4n) is 2.39. The minimum Gasteiger partial charge on any atom is -0.495 e. The SMILES string of the molecule is COCCC1C(=S)CC(=O)C=C1c1ccncc1OC. The smallest absolute Gasteiger partial charge is 0.160 e. The van der Waals surface area contributed by atoms with Crippen LogP contribution < -0.4 is 4.74 Å². The van der Waals surface area contributed by atoms with Crippen LogP contribution in [-0.2, 0) is 9.53 Å². The number of rotatable bonds is 5. The molecule has 0 saturated carbocycles. The van der Waals surface area contributed by atoms with Crippen LogP contribution in [0.3, 0.4) is 0 Å². The first kappa shape index (κ1) is 14.8. The summed E-state index contributed by atoms with van der Waals surface area (Å²) in [4.78, 5) is 16.6. The molecule has 1 heterocycles. The fourth-order valence-corrected chi connectivity index (χ4v) is 2.78. The van der Waals surface area contributed by atoms with Crippen LogP contribution >= 0.6 is 12.2 Å². The van der Waals surface area contributed by atoms with Gasteiger partial charge in [0, 0.05) is 42.7 Å². The van der Waals surface area contributed by atoms with Gasteiger partial charge in [0.25, 0.3) is 0 Å². The molecule has 0 aromatic carbocycles. The van der Waals surface area contributed by atoms with Gasteiger partial charge in [0.2, 0.25) is 0 Å². The van der Waals surface area contributed by atoms with Gasteiger partial charge in [-0.05, 0) is 24.1 Å². The third kappa shape index (κ3) is 3.11. The van der Waals surface area contributed by atoms with Gasteiger partial charge in [-0.2, -0.15) is 0 Å². The van der Waals surface area contributed by atoms with E-state index in [9.17, 15) is 4.79 Å². The Morgan fingerprint density at radius 2 is 2.25 bits per heavy atom. The second-order valence-electron chi connectivity index (χ2n) is 4.62. The van der Waals surface area contributed by atoms with E-state index in [1.54, 1.807) is 32.7 Å². The summed E-state index contributed by atoms with van der Waals surface area (Å²) < 4.78 is 10.5. The Labute approximate surface area is 123 Å². The number of ketones is 1. The van der Waals surface area contributed by atoms with E-state index in [0.717, 1.165) is 22.4 Å². The van der Waals surface area contributed by atoms with Gasteiger partial charge in [0.05, 0.1) is 13.3 Å². The molecule has 5 heteroatoms. The average molecular weight is 291 g/mol. The molecule has 0 saturated heterocycles. The van der Waals surface area contributed by atoms with Gasteiger partial charge in [0.1, 0.15) is 5.75 Å². The van der Waals surface area contributed by atoms with Crippen molar-refractivity contribution < 1.29 is 14.3 Å². The van der Waals surface area contributed by atoms with Crippen LogP contribution in [0.1, 0.15) is 18.4 Å². The number of ether oxygens (including phenoxy) is 2. The number of carbonyl (C=O) groups is 1. The van der Waals surface area contributed by atoms with Crippen molar-refractivity contribution in [2.24, 2.45) is 5.92 Å². The Morgan fingerprint density at radius 3 is 2.95 bits per heavy atom. The molecule has 1 aliphatic carbocycles. The molecule has 0 N–H and O–H groups in total. The lowest BCUT2D eigenvalue weighted by Gasteiger charge is -2.25. The summed E-state index contributed by atoms with van der Waals surface area (Å²) in [6.45, 7) is 0.601. The molecular formula is C15H17NO3S. The summed E-state index contributed by atoms with van der Waals surface area (Å²) in [5.74, 6) is 0.732. The van der Waals surface area contributed by atoms with E-state index in [-0.39, 0.29) is 11.7 Å². The first-order valence-electron chi connectivity index (χ1n) is 6.41. The largest absolute Gasteiger partial charge is 0.495 e. The number of pyridine rings is 1. The monoisotopic (exact) mass is 291 g/mol. The van der Waals surface area contributed by atoms with Crippen molar-refractivity contribution >= 4 is 28.4 Å². The third-order valence-corrected chi connectivity index (χ3v) is 3.78. The number of methoxy groups -OCH3 is 2. The normalized spacial score (nSPS) is 18.9. The van der Waals surface area contributed by atoms with Crippen molar-refractivity contribution in [1.29, 1.82) is 0 Å².